The van der Waals surface area contributed by atoms with Crippen molar-refractivity contribution in [3.8, 4) is 0 Å². The molecule has 0 heterocycles. The van der Waals surface area contributed by atoms with Gasteiger partial charge in [0, 0.05) is 12.6 Å². The van der Waals surface area contributed by atoms with Crippen LogP contribution < -0.4 is 5.32 Å². The van der Waals surface area contributed by atoms with Crippen molar-refractivity contribution in [3.63, 3.8) is 0 Å². The van der Waals surface area contributed by atoms with Crippen LogP contribution in [0.1, 0.15) is 59.3 Å². The van der Waals surface area contributed by atoms with Gasteiger partial charge in [0.15, 0.2) is 0 Å². The van der Waals surface area contributed by atoms with Gasteiger partial charge in [0.2, 0.25) is 0 Å². The molecule has 0 spiro atoms. The summed E-state index contributed by atoms with van der Waals surface area (Å²) in [6, 6.07) is 0.699. The van der Waals surface area contributed by atoms with Crippen molar-refractivity contribution in [2.45, 2.75) is 65.3 Å². The van der Waals surface area contributed by atoms with Gasteiger partial charge in [-0.1, -0.05) is 27.2 Å². The summed E-state index contributed by atoms with van der Waals surface area (Å²) in [5.41, 5.74) is 0.465. The fourth-order valence-corrected chi connectivity index (χ4v) is 3.02. The third-order valence-electron chi connectivity index (χ3n) is 4.33. The van der Waals surface area contributed by atoms with Gasteiger partial charge in [-0.15, -0.1) is 0 Å². The molecule has 2 atom stereocenters. The summed E-state index contributed by atoms with van der Waals surface area (Å²) in [5, 5.41) is 12.3. The molecule has 114 valence electrons. The van der Waals surface area contributed by atoms with Crippen LogP contribution in [0.5, 0.6) is 0 Å². The van der Waals surface area contributed by atoms with E-state index in [0.29, 0.717) is 18.1 Å². The van der Waals surface area contributed by atoms with E-state index in [0.717, 1.165) is 25.5 Å². The van der Waals surface area contributed by atoms with E-state index in [-0.39, 0.29) is 6.61 Å². The van der Waals surface area contributed by atoms with Crippen LogP contribution in [0.4, 0.5) is 0 Å². The van der Waals surface area contributed by atoms with Crippen LogP contribution in [-0.2, 0) is 4.74 Å². The monoisotopic (exact) mass is 271 g/mol. The van der Waals surface area contributed by atoms with Gasteiger partial charge in [-0.2, -0.15) is 0 Å². The first-order chi connectivity index (χ1) is 9.04. The zero-order chi connectivity index (χ0) is 14.1. The SMILES string of the molecule is CC(C)(C)C1CCCC(NCCCOCCO)CC1. The first kappa shape index (κ1) is 16.9. The van der Waals surface area contributed by atoms with Gasteiger partial charge in [0.25, 0.3) is 0 Å². The Morgan fingerprint density at radius 2 is 1.89 bits per heavy atom. The summed E-state index contributed by atoms with van der Waals surface area (Å²) in [6.45, 7) is 9.53. The van der Waals surface area contributed by atoms with E-state index < -0.39 is 0 Å². The molecule has 1 fully saturated rings. The van der Waals surface area contributed by atoms with Crippen molar-refractivity contribution < 1.29 is 9.84 Å². The van der Waals surface area contributed by atoms with Gasteiger partial charge in [-0.05, 0) is 50.0 Å². The predicted octanol–water partition coefficient (Wildman–Crippen LogP) is 2.97. The zero-order valence-corrected chi connectivity index (χ0v) is 13.1. The Bertz CT molecular complexity index is 225. The third kappa shape index (κ3) is 7.28. The molecule has 19 heavy (non-hydrogen) atoms. The Kier molecular flexibility index (Phi) is 7.96. The maximum absolute atomic E-state index is 8.61. The Labute approximate surface area is 119 Å². The van der Waals surface area contributed by atoms with Gasteiger partial charge >= 0.3 is 0 Å². The molecule has 0 aromatic rings. The molecule has 0 aromatic carbocycles. The normalized spacial score (nSPS) is 25.3. The van der Waals surface area contributed by atoms with Crippen LogP contribution in [0.25, 0.3) is 0 Å². The molecule has 0 radical (unpaired) electrons. The minimum atomic E-state index is 0.129. The van der Waals surface area contributed by atoms with Gasteiger partial charge in [-0.3, -0.25) is 0 Å². The Morgan fingerprint density at radius 3 is 2.58 bits per heavy atom. The molecule has 2 unspecified atom stereocenters. The summed E-state index contributed by atoms with van der Waals surface area (Å²) >= 11 is 0. The lowest BCUT2D eigenvalue weighted by Crippen LogP contribution is -2.30. The molecule has 1 aliphatic carbocycles. The lowest BCUT2D eigenvalue weighted by Gasteiger charge is -2.29. The number of nitrogens with one attached hydrogen (secondary N) is 1. The lowest BCUT2D eigenvalue weighted by atomic mass is 9.76. The second kappa shape index (κ2) is 8.93. The van der Waals surface area contributed by atoms with E-state index in [1.807, 2.05) is 0 Å². The fraction of sp³-hybridized carbons (Fsp3) is 1.00. The van der Waals surface area contributed by atoms with Crippen molar-refractivity contribution >= 4 is 0 Å². The smallest absolute Gasteiger partial charge is 0.0697 e. The summed E-state index contributed by atoms with van der Waals surface area (Å²) in [5.74, 6) is 0.882. The second-order valence-corrected chi connectivity index (χ2v) is 6.91. The number of ether oxygens (including phenoxy) is 1. The first-order valence-corrected chi connectivity index (χ1v) is 7.96. The maximum atomic E-state index is 8.61. The highest BCUT2D eigenvalue weighted by Gasteiger charge is 2.27. The average Bonchev–Trinajstić information content (AvgIpc) is 2.58. The first-order valence-electron chi connectivity index (χ1n) is 7.96. The van der Waals surface area contributed by atoms with Crippen LogP contribution in [0.2, 0.25) is 0 Å². The minimum absolute atomic E-state index is 0.129. The van der Waals surface area contributed by atoms with Crippen LogP contribution in [0.15, 0.2) is 0 Å². The van der Waals surface area contributed by atoms with Gasteiger partial charge in [-0.25, -0.2) is 0 Å². The summed E-state index contributed by atoms with van der Waals surface area (Å²) in [7, 11) is 0. The standard InChI is InChI=1S/C16H33NO2/c1-16(2,3)14-6-4-7-15(9-8-14)17-10-5-12-19-13-11-18/h14-15,17-18H,4-13H2,1-3H3. The molecule has 2 N–H and O–H groups in total. The van der Waals surface area contributed by atoms with E-state index in [1.54, 1.807) is 0 Å². The molecule has 3 nitrogen and oxygen atoms in total. The van der Waals surface area contributed by atoms with E-state index in [2.05, 4.69) is 26.1 Å². The predicted molar refractivity (Wildman–Crippen MR) is 80.3 cm³/mol. The fourth-order valence-electron chi connectivity index (χ4n) is 3.02. The van der Waals surface area contributed by atoms with Crippen molar-refractivity contribution in [2.24, 2.45) is 11.3 Å². The van der Waals surface area contributed by atoms with E-state index >= 15 is 0 Å². The molecule has 1 aliphatic rings. The molecule has 0 saturated heterocycles. The maximum Gasteiger partial charge on any atom is 0.0697 e. The Morgan fingerprint density at radius 1 is 1.11 bits per heavy atom. The van der Waals surface area contributed by atoms with Crippen molar-refractivity contribution in [3.05, 3.63) is 0 Å². The van der Waals surface area contributed by atoms with E-state index in [9.17, 15) is 0 Å². The molecule has 0 aromatic heterocycles. The summed E-state index contributed by atoms with van der Waals surface area (Å²) < 4.78 is 5.27. The van der Waals surface area contributed by atoms with Crippen LogP contribution >= 0.6 is 0 Å². The minimum Gasteiger partial charge on any atom is -0.394 e. The summed E-state index contributed by atoms with van der Waals surface area (Å²) in [6.07, 6.45) is 7.80. The molecule has 0 amide bonds. The highest BCUT2D eigenvalue weighted by atomic mass is 16.5. The number of rotatable bonds is 7. The zero-order valence-electron chi connectivity index (χ0n) is 13.1. The lowest BCUT2D eigenvalue weighted by molar-refractivity contribution is 0.0903. The van der Waals surface area contributed by atoms with Crippen LogP contribution in [0, 0.1) is 11.3 Å². The van der Waals surface area contributed by atoms with Gasteiger partial charge in [0.1, 0.15) is 0 Å². The average molecular weight is 271 g/mol. The highest BCUT2D eigenvalue weighted by Crippen LogP contribution is 2.36. The van der Waals surface area contributed by atoms with Gasteiger partial charge in [0.05, 0.1) is 13.2 Å². The number of hydrogen-bond acceptors (Lipinski definition) is 3. The van der Waals surface area contributed by atoms with Gasteiger partial charge < -0.3 is 15.2 Å². The van der Waals surface area contributed by atoms with E-state index in [1.165, 1.54) is 32.1 Å². The molecular formula is C16H33NO2. The van der Waals surface area contributed by atoms with Crippen LogP contribution in [0.3, 0.4) is 0 Å². The third-order valence-corrected chi connectivity index (χ3v) is 4.33. The molecular weight excluding hydrogens is 238 g/mol. The van der Waals surface area contributed by atoms with Crippen molar-refractivity contribution in [1.29, 1.82) is 0 Å². The molecule has 1 saturated carbocycles. The van der Waals surface area contributed by atoms with Crippen molar-refractivity contribution in [2.75, 3.05) is 26.4 Å². The number of aliphatic hydroxyl groups excluding tert-OH is 1. The quantitative estimate of drug-likeness (QED) is 0.552. The van der Waals surface area contributed by atoms with Crippen LogP contribution in [-0.4, -0.2) is 37.5 Å². The molecule has 0 bridgehead atoms. The summed E-state index contributed by atoms with van der Waals surface area (Å²) in [4.78, 5) is 0. The topological polar surface area (TPSA) is 41.5 Å². The largest absolute Gasteiger partial charge is 0.394 e. The Balaban J connectivity index is 2.12. The number of aliphatic hydroxyl groups is 1. The molecule has 3 heteroatoms. The van der Waals surface area contributed by atoms with Crippen molar-refractivity contribution in [1.82, 2.24) is 5.32 Å². The second-order valence-electron chi connectivity index (χ2n) is 6.91. The number of hydrogen-bond donors (Lipinski definition) is 2. The van der Waals surface area contributed by atoms with E-state index in [4.69, 9.17) is 9.84 Å². The highest BCUT2D eigenvalue weighted by molar-refractivity contribution is 4.81. The Hall–Kier alpha value is -0.120. The molecule has 0 aliphatic heterocycles. The molecule has 1 rings (SSSR count).